The van der Waals surface area contributed by atoms with E-state index in [2.05, 4.69) is 24.6 Å². The molecule has 3 rings (SSSR count). The van der Waals surface area contributed by atoms with Gasteiger partial charge in [0.1, 0.15) is 5.69 Å². The zero-order valence-corrected chi connectivity index (χ0v) is 12.2. The smallest absolute Gasteiger partial charge is 0.218 e. The molecule has 0 aliphatic rings. The van der Waals surface area contributed by atoms with Gasteiger partial charge in [-0.1, -0.05) is 17.2 Å². The van der Waals surface area contributed by atoms with E-state index in [1.165, 1.54) is 12.1 Å². The third-order valence-electron chi connectivity index (χ3n) is 2.99. The minimum atomic E-state index is -0.514. The molecule has 0 unspecified atom stereocenters. The van der Waals surface area contributed by atoms with Gasteiger partial charge in [0.2, 0.25) is 5.88 Å². The number of aromatic amines is 1. The molecule has 0 saturated heterocycles. The highest BCUT2D eigenvalue weighted by Crippen LogP contribution is 2.38. The Hall–Kier alpha value is -2.46. The summed E-state index contributed by atoms with van der Waals surface area (Å²) >= 11 is 0.770. The van der Waals surface area contributed by atoms with Crippen LogP contribution in [-0.2, 0) is 9.37 Å². The Bertz CT molecular complexity index is 868. The number of fused-ring (bicyclic) bond motifs is 1. The Morgan fingerprint density at radius 1 is 1.13 bits per heavy atom. The molecule has 0 atom stereocenters. The van der Waals surface area contributed by atoms with Gasteiger partial charge >= 0.3 is 0 Å². The number of nitrogens with zero attached hydrogens (tertiary/aromatic N) is 2. The molecule has 1 heterocycles. The lowest BCUT2D eigenvalue weighted by Gasteiger charge is -1.98. The Balaban J connectivity index is 1.99. The number of aromatic nitrogens is 1. The van der Waals surface area contributed by atoms with E-state index in [0.29, 0.717) is 15.8 Å². The fraction of sp³-hybridized carbons (Fsp3) is 0. The van der Waals surface area contributed by atoms with Gasteiger partial charge in [-0.2, -0.15) is 0 Å². The first-order valence-corrected chi connectivity index (χ1v) is 7.09. The van der Waals surface area contributed by atoms with E-state index in [1.54, 1.807) is 30.3 Å². The average Bonchev–Trinajstić information content (AvgIpc) is 2.87. The molecule has 0 saturated carbocycles. The monoisotopic (exact) mass is 335 g/mol. The Morgan fingerprint density at radius 2 is 1.96 bits per heavy atom. The lowest BCUT2D eigenvalue weighted by Crippen LogP contribution is -1.78. The second-order valence-electron chi connectivity index (χ2n) is 4.41. The largest absolute Gasteiger partial charge is 0.493 e. The number of halogens is 1. The predicted octanol–water partition coefficient (Wildman–Crippen LogP) is 4.86. The highest BCUT2D eigenvalue weighted by molar-refractivity contribution is 7.94. The van der Waals surface area contributed by atoms with Crippen LogP contribution in [0, 0.1) is 5.82 Å². The maximum Gasteiger partial charge on any atom is 0.218 e. The van der Waals surface area contributed by atoms with E-state index in [0.717, 1.165) is 12.0 Å². The van der Waals surface area contributed by atoms with Crippen LogP contribution in [0.1, 0.15) is 0 Å². The molecule has 2 aromatic carbocycles. The van der Waals surface area contributed by atoms with E-state index in [1.807, 2.05) is 0 Å². The molecule has 0 aliphatic heterocycles. The summed E-state index contributed by atoms with van der Waals surface area (Å²) < 4.78 is 17.9. The minimum absolute atomic E-state index is 0.0591. The van der Waals surface area contributed by atoms with Crippen molar-refractivity contribution in [2.24, 2.45) is 10.2 Å². The van der Waals surface area contributed by atoms with Crippen molar-refractivity contribution in [1.82, 2.24) is 4.98 Å². The van der Waals surface area contributed by atoms with Gasteiger partial charge < -0.3 is 10.1 Å². The molecular weight excluding hydrogens is 325 g/mol. The van der Waals surface area contributed by atoms with Gasteiger partial charge in [0.15, 0.2) is 11.5 Å². The third kappa shape index (κ3) is 3.32. The highest BCUT2D eigenvalue weighted by Gasteiger charge is 2.12. The molecule has 3 N–H and O–H groups in total. The van der Waals surface area contributed by atoms with Crippen LogP contribution in [0.3, 0.4) is 0 Å². The Labute approximate surface area is 133 Å². The van der Waals surface area contributed by atoms with Crippen molar-refractivity contribution in [2.45, 2.75) is 4.90 Å². The molecule has 0 radical (unpaired) electrons. The van der Waals surface area contributed by atoms with Crippen molar-refractivity contribution in [3.05, 3.63) is 48.3 Å². The van der Waals surface area contributed by atoms with Gasteiger partial charge in [-0.15, -0.1) is 14.6 Å². The first kappa shape index (κ1) is 15.4. The van der Waals surface area contributed by atoms with E-state index >= 15 is 0 Å². The summed E-state index contributed by atoms with van der Waals surface area (Å²) in [4.78, 5) is 3.33. The molecular formula is C14H10FN3O4S. The molecule has 0 aliphatic carbocycles. The van der Waals surface area contributed by atoms with Crippen LogP contribution in [0.15, 0.2) is 57.6 Å². The number of benzene rings is 2. The zero-order valence-electron chi connectivity index (χ0n) is 11.4. The maximum absolute atomic E-state index is 13.6. The number of rotatable bonds is 5. The second-order valence-corrected chi connectivity index (χ2v) is 5.18. The molecule has 0 bridgehead atoms. The van der Waals surface area contributed by atoms with Crippen molar-refractivity contribution in [2.75, 3.05) is 0 Å². The van der Waals surface area contributed by atoms with E-state index in [-0.39, 0.29) is 17.3 Å². The summed E-state index contributed by atoms with van der Waals surface area (Å²) in [5.74, 6) is -0.707. The standard InChI is InChI=1S/C14H10FN3O4S/c15-10-3-1-2-4-12(10)17-18-13-9-7-8(23-22-21-20)5-6-11(9)16-14(13)19/h1-7,16,19-20H. The van der Waals surface area contributed by atoms with Gasteiger partial charge in [0, 0.05) is 10.3 Å². The number of aromatic hydroxyl groups is 1. The topological polar surface area (TPSA) is 99.4 Å². The fourth-order valence-corrected chi connectivity index (χ4v) is 2.39. The van der Waals surface area contributed by atoms with Gasteiger partial charge in [0.05, 0.1) is 17.6 Å². The number of H-pyrrole nitrogens is 1. The Morgan fingerprint density at radius 3 is 2.74 bits per heavy atom. The second kappa shape index (κ2) is 6.75. The molecule has 0 fully saturated rings. The van der Waals surface area contributed by atoms with Crippen LogP contribution in [-0.4, -0.2) is 15.3 Å². The minimum Gasteiger partial charge on any atom is -0.493 e. The summed E-state index contributed by atoms with van der Waals surface area (Å²) in [6.07, 6.45) is 0. The number of azo groups is 1. The lowest BCUT2D eigenvalue weighted by atomic mass is 10.2. The van der Waals surface area contributed by atoms with Crippen molar-refractivity contribution in [1.29, 1.82) is 0 Å². The first-order chi connectivity index (χ1) is 11.2. The van der Waals surface area contributed by atoms with E-state index in [4.69, 9.17) is 5.26 Å². The van der Waals surface area contributed by atoms with Gasteiger partial charge in [-0.3, -0.25) is 0 Å². The van der Waals surface area contributed by atoms with Gasteiger partial charge in [-0.05, 0) is 30.3 Å². The molecule has 9 heteroatoms. The zero-order chi connectivity index (χ0) is 16.2. The summed E-state index contributed by atoms with van der Waals surface area (Å²) in [6, 6.07) is 10.9. The molecule has 23 heavy (non-hydrogen) atoms. The normalized spacial score (nSPS) is 11.6. The van der Waals surface area contributed by atoms with E-state index in [9.17, 15) is 9.50 Å². The van der Waals surface area contributed by atoms with Crippen LogP contribution in [0.4, 0.5) is 15.8 Å². The van der Waals surface area contributed by atoms with E-state index < -0.39 is 5.82 Å². The number of hydrogen-bond acceptors (Lipinski definition) is 7. The quantitative estimate of drug-likeness (QED) is 0.268. The third-order valence-corrected chi connectivity index (χ3v) is 3.57. The highest BCUT2D eigenvalue weighted by atomic mass is 32.2. The summed E-state index contributed by atoms with van der Waals surface area (Å²) in [5.41, 5.74) is 0.832. The maximum atomic E-state index is 13.6. The van der Waals surface area contributed by atoms with Gasteiger partial charge in [-0.25, -0.2) is 9.65 Å². The molecule has 7 nitrogen and oxygen atoms in total. The summed E-state index contributed by atoms with van der Waals surface area (Å²) in [6.45, 7) is 0. The number of hydrogen-bond donors (Lipinski definition) is 3. The van der Waals surface area contributed by atoms with Crippen LogP contribution >= 0.6 is 12.0 Å². The van der Waals surface area contributed by atoms with Crippen molar-refractivity contribution >= 4 is 34.3 Å². The van der Waals surface area contributed by atoms with Crippen molar-refractivity contribution in [3.63, 3.8) is 0 Å². The Kier molecular flexibility index (Phi) is 4.53. The number of nitrogens with one attached hydrogen (secondary N) is 1. The summed E-state index contributed by atoms with van der Waals surface area (Å²) in [7, 11) is 0. The molecule has 1 aromatic heterocycles. The molecule has 0 amide bonds. The van der Waals surface area contributed by atoms with Crippen molar-refractivity contribution < 1.29 is 24.1 Å². The molecule has 3 aromatic rings. The molecule has 0 spiro atoms. The summed E-state index contributed by atoms with van der Waals surface area (Å²) in [5, 5.41) is 29.9. The lowest BCUT2D eigenvalue weighted by molar-refractivity contribution is -0.432. The van der Waals surface area contributed by atoms with Crippen LogP contribution < -0.4 is 0 Å². The predicted molar refractivity (Wildman–Crippen MR) is 81.2 cm³/mol. The fourth-order valence-electron chi connectivity index (χ4n) is 1.99. The van der Waals surface area contributed by atoms with Crippen LogP contribution in [0.5, 0.6) is 5.88 Å². The average molecular weight is 335 g/mol. The van der Waals surface area contributed by atoms with Gasteiger partial charge in [0.25, 0.3) is 0 Å². The SMILES string of the molecule is OOOSc1ccc2[nH]c(O)c(N=Nc3ccccc3F)c2c1. The van der Waals surface area contributed by atoms with Crippen LogP contribution in [0.2, 0.25) is 0 Å². The van der Waals surface area contributed by atoms with Crippen LogP contribution in [0.25, 0.3) is 10.9 Å². The van der Waals surface area contributed by atoms with Crippen molar-refractivity contribution in [3.8, 4) is 5.88 Å². The first-order valence-electron chi connectivity index (χ1n) is 6.35. The molecule has 118 valence electrons.